The SMILES string of the molecule is O=c1oc(-c2ccccc2)c(P(=O)(c2ccccc2)c2ccccc2)c2ccccc12. The monoisotopic (exact) mass is 422 g/mol. The first-order chi connectivity index (χ1) is 15.2. The van der Waals surface area contributed by atoms with Crippen LogP contribution in [0.4, 0.5) is 0 Å². The van der Waals surface area contributed by atoms with E-state index in [0.717, 1.165) is 0 Å². The molecule has 0 aliphatic carbocycles. The van der Waals surface area contributed by atoms with Gasteiger partial charge in [0.1, 0.15) is 5.76 Å². The lowest BCUT2D eigenvalue weighted by molar-refractivity contribution is 0.537. The Morgan fingerprint density at radius 2 is 1.00 bits per heavy atom. The zero-order valence-corrected chi connectivity index (χ0v) is 17.5. The van der Waals surface area contributed by atoms with Gasteiger partial charge >= 0.3 is 5.63 Å². The average molecular weight is 422 g/mol. The molecule has 1 heterocycles. The van der Waals surface area contributed by atoms with Crippen molar-refractivity contribution in [2.24, 2.45) is 0 Å². The summed E-state index contributed by atoms with van der Waals surface area (Å²) in [6.07, 6.45) is 0. The van der Waals surface area contributed by atoms with Gasteiger partial charge in [-0.1, -0.05) is 109 Å². The molecule has 0 aliphatic heterocycles. The van der Waals surface area contributed by atoms with Gasteiger partial charge in [0.05, 0.1) is 10.7 Å². The Kier molecular flexibility index (Phi) is 4.89. The van der Waals surface area contributed by atoms with Gasteiger partial charge in [-0.05, 0) is 6.07 Å². The van der Waals surface area contributed by atoms with Crippen molar-refractivity contribution in [1.82, 2.24) is 0 Å². The van der Waals surface area contributed by atoms with Crippen molar-refractivity contribution < 1.29 is 8.98 Å². The van der Waals surface area contributed by atoms with Crippen LogP contribution in [0, 0.1) is 0 Å². The molecule has 0 atom stereocenters. The van der Waals surface area contributed by atoms with Crippen LogP contribution in [0.1, 0.15) is 0 Å². The topological polar surface area (TPSA) is 47.3 Å². The quantitative estimate of drug-likeness (QED) is 0.379. The molecule has 0 N–H and O–H groups in total. The Morgan fingerprint density at radius 1 is 0.548 bits per heavy atom. The Morgan fingerprint density at radius 3 is 1.55 bits per heavy atom. The van der Waals surface area contributed by atoms with Crippen molar-refractivity contribution in [2.45, 2.75) is 0 Å². The van der Waals surface area contributed by atoms with E-state index in [-0.39, 0.29) is 0 Å². The molecule has 4 heteroatoms. The number of benzene rings is 4. The summed E-state index contributed by atoms with van der Waals surface area (Å²) >= 11 is 0. The van der Waals surface area contributed by atoms with Gasteiger partial charge in [0, 0.05) is 21.6 Å². The average Bonchev–Trinajstić information content (AvgIpc) is 2.85. The Hall–Kier alpha value is -3.68. The second-order valence-electron chi connectivity index (χ2n) is 7.26. The second-order valence-corrected chi connectivity index (χ2v) is 9.96. The van der Waals surface area contributed by atoms with Gasteiger partial charge in [-0.3, -0.25) is 0 Å². The maximum Gasteiger partial charge on any atom is 0.344 e. The largest absolute Gasteiger partial charge is 0.421 e. The summed E-state index contributed by atoms with van der Waals surface area (Å²) in [5, 5.41) is 3.00. The highest BCUT2D eigenvalue weighted by molar-refractivity contribution is 7.86. The Bertz CT molecular complexity index is 1410. The zero-order valence-electron chi connectivity index (χ0n) is 16.6. The highest BCUT2D eigenvalue weighted by Crippen LogP contribution is 2.46. The third-order valence-corrected chi connectivity index (χ3v) is 8.53. The van der Waals surface area contributed by atoms with Crippen LogP contribution in [0.15, 0.2) is 124 Å². The Balaban J connectivity index is 2.00. The third-order valence-electron chi connectivity index (χ3n) is 5.40. The van der Waals surface area contributed by atoms with Gasteiger partial charge in [-0.15, -0.1) is 0 Å². The standard InChI is InChI=1S/C27H19O3P/c28-27-24-19-11-10-18-23(24)26(25(30-27)20-12-4-1-5-13-20)31(29,21-14-6-2-7-15-21)22-16-8-3-9-17-22/h1-19H. The highest BCUT2D eigenvalue weighted by atomic mass is 31.2. The molecule has 0 aliphatic rings. The first-order valence-electron chi connectivity index (χ1n) is 10.0. The fourth-order valence-electron chi connectivity index (χ4n) is 3.97. The van der Waals surface area contributed by atoms with E-state index in [1.165, 1.54) is 0 Å². The van der Waals surface area contributed by atoms with Gasteiger partial charge in [0.15, 0.2) is 7.14 Å². The number of hydrogen-bond donors (Lipinski definition) is 0. The van der Waals surface area contributed by atoms with Crippen molar-refractivity contribution in [3.05, 3.63) is 126 Å². The molecule has 4 aromatic carbocycles. The minimum Gasteiger partial charge on any atom is -0.421 e. The summed E-state index contributed by atoms with van der Waals surface area (Å²) in [4.78, 5) is 12.9. The zero-order chi connectivity index (χ0) is 21.3. The molecule has 0 saturated carbocycles. The summed E-state index contributed by atoms with van der Waals surface area (Å²) in [6.45, 7) is 0. The molecular formula is C27H19O3P. The summed E-state index contributed by atoms with van der Waals surface area (Å²) in [5.74, 6) is 0.348. The molecule has 3 nitrogen and oxygen atoms in total. The summed E-state index contributed by atoms with van der Waals surface area (Å²) < 4.78 is 21.0. The molecule has 150 valence electrons. The first kappa shape index (κ1) is 19.3. The fraction of sp³-hybridized carbons (Fsp3) is 0. The van der Waals surface area contributed by atoms with Crippen molar-refractivity contribution in [2.75, 3.05) is 0 Å². The van der Waals surface area contributed by atoms with Gasteiger partial charge in [-0.25, -0.2) is 4.79 Å². The van der Waals surface area contributed by atoms with Gasteiger partial charge in [0.2, 0.25) is 0 Å². The lowest BCUT2D eigenvalue weighted by Gasteiger charge is -2.23. The normalized spacial score (nSPS) is 11.5. The minimum absolute atomic E-state index is 0.348. The van der Waals surface area contributed by atoms with Crippen LogP contribution in [0.5, 0.6) is 0 Å². The van der Waals surface area contributed by atoms with Crippen LogP contribution in [0.25, 0.3) is 22.1 Å². The highest BCUT2D eigenvalue weighted by Gasteiger charge is 2.36. The molecule has 0 radical (unpaired) electrons. The molecule has 5 aromatic rings. The van der Waals surface area contributed by atoms with Crippen LogP contribution < -0.4 is 21.5 Å². The molecule has 0 fully saturated rings. The van der Waals surface area contributed by atoms with E-state index in [4.69, 9.17) is 4.42 Å². The van der Waals surface area contributed by atoms with Crippen LogP contribution in [-0.2, 0) is 4.57 Å². The van der Waals surface area contributed by atoms with E-state index in [1.54, 1.807) is 12.1 Å². The number of hydrogen-bond acceptors (Lipinski definition) is 3. The lowest BCUT2D eigenvalue weighted by atomic mass is 10.1. The van der Waals surface area contributed by atoms with Crippen LogP contribution in [0.3, 0.4) is 0 Å². The smallest absolute Gasteiger partial charge is 0.344 e. The van der Waals surface area contributed by atoms with Gasteiger partial charge in [-0.2, -0.15) is 0 Å². The maximum atomic E-state index is 15.2. The van der Waals surface area contributed by atoms with E-state index in [1.807, 2.05) is 103 Å². The van der Waals surface area contributed by atoms with E-state index >= 15 is 4.57 Å². The van der Waals surface area contributed by atoms with Crippen LogP contribution in [0.2, 0.25) is 0 Å². The molecule has 0 spiro atoms. The summed E-state index contributed by atoms with van der Waals surface area (Å²) in [6, 6.07) is 35.5. The molecule has 0 bridgehead atoms. The summed E-state index contributed by atoms with van der Waals surface area (Å²) in [7, 11) is -3.38. The third kappa shape index (κ3) is 3.24. The second kappa shape index (κ2) is 7.86. The molecule has 5 rings (SSSR count). The van der Waals surface area contributed by atoms with Crippen molar-refractivity contribution in [1.29, 1.82) is 0 Å². The summed E-state index contributed by atoms with van der Waals surface area (Å²) in [5.41, 5.74) is 0.276. The minimum atomic E-state index is -3.38. The van der Waals surface area contributed by atoms with Crippen molar-refractivity contribution in [3.63, 3.8) is 0 Å². The van der Waals surface area contributed by atoms with E-state index in [9.17, 15) is 4.79 Å². The predicted molar refractivity (Wildman–Crippen MR) is 127 cm³/mol. The van der Waals surface area contributed by atoms with Crippen molar-refractivity contribution >= 4 is 33.8 Å². The molecule has 1 aromatic heterocycles. The van der Waals surface area contributed by atoms with E-state index in [0.29, 0.717) is 38.0 Å². The van der Waals surface area contributed by atoms with Crippen LogP contribution >= 0.6 is 7.14 Å². The molecular weight excluding hydrogens is 403 g/mol. The molecule has 0 saturated heterocycles. The first-order valence-corrected chi connectivity index (χ1v) is 11.7. The predicted octanol–water partition coefficient (Wildman–Crippen LogP) is 5.10. The number of fused-ring (bicyclic) bond motifs is 1. The molecule has 31 heavy (non-hydrogen) atoms. The van der Waals surface area contributed by atoms with Gasteiger partial charge < -0.3 is 8.98 Å². The van der Waals surface area contributed by atoms with E-state index in [2.05, 4.69) is 0 Å². The van der Waals surface area contributed by atoms with Gasteiger partial charge in [0.25, 0.3) is 0 Å². The van der Waals surface area contributed by atoms with E-state index < -0.39 is 12.8 Å². The lowest BCUT2D eigenvalue weighted by Crippen LogP contribution is -2.28. The molecule has 0 unspecified atom stereocenters. The van der Waals surface area contributed by atoms with Crippen molar-refractivity contribution in [3.8, 4) is 11.3 Å². The fourth-order valence-corrected chi connectivity index (χ4v) is 6.96. The Labute approximate surface area is 180 Å². The maximum absolute atomic E-state index is 15.2. The molecule has 0 amide bonds. The number of rotatable bonds is 4. The van der Waals surface area contributed by atoms with Crippen LogP contribution in [-0.4, -0.2) is 0 Å².